The molecule has 25 heavy (non-hydrogen) atoms. The smallest absolute Gasteiger partial charge is 0.342 e. The van der Waals surface area contributed by atoms with Crippen molar-refractivity contribution in [2.45, 2.75) is 13.0 Å². The number of aromatic hydroxyl groups is 1. The third kappa shape index (κ3) is 4.21. The predicted octanol–water partition coefficient (Wildman–Crippen LogP) is 3.65. The summed E-state index contributed by atoms with van der Waals surface area (Å²) in [5.41, 5.74) is -0.843. The molecule has 1 amide bonds. The Balaban J connectivity index is 2.08. The largest absolute Gasteiger partial charge is 0.507 e. The number of hydrogen-bond donors (Lipinski definition) is 2. The van der Waals surface area contributed by atoms with Gasteiger partial charge in [-0.05, 0) is 37.3 Å². The van der Waals surface area contributed by atoms with Crippen molar-refractivity contribution in [3.63, 3.8) is 0 Å². The maximum absolute atomic E-state index is 13.5. The molecule has 0 radical (unpaired) electrons. The zero-order valence-corrected chi connectivity index (χ0v) is 13.4. The second kappa shape index (κ2) is 7.43. The highest BCUT2D eigenvalue weighted by atomic mass is 35.5. The minimum Gasteiger partial charge on any atom is -0.507 e. The Bertz CT molecular complexity index is 844. The summed E-state index contributed by atoms with van der Waals surface area (Å²) in [6.45, 7) is 1.18. The molecular weight excluding hydrogens is 363 g/mol. The van der Waals surface area contributed by atoms with Gasteiger partial charge in [-0.25, -0.2) is 18.0 Å². The fourth-order valence-corrected chi connectivity index (χ4v) is 1.98. The standard InChI is InChI=1S/C16H11ClF3NO4/c1-7(25-16(24)9-3-2-8(17)6-12(9)22)15(23)21-11-5-4-10(18)13(19)14(11)20/h2-7,22H,1H3,(H,21,23)/t7-/m0/s1. The van der Waals surface area contributed by atoms with Crippen LogP contribution >= 0.6 is 11.6 Å². The van der Waals surface area contributed by atoms with Gasteiger partial charge in [0.2, 0.25) is 0 Å². The van der Waals surface area contributed by atoms with Gasteiger partial charge in [-0.2, -0.15) is 0 Å². The number of ether oxygens (including phenoxy) is 1. The molecule has 0 unspecified atom stereocenters. The van der Waals surface area contributed by atoms with E-state index < -0.39 is 46.9 Å². The van der Waals surface area contributed by atoms with Crippen LogP contribution in [0.15, 0.2) is 30.3 Å². The number of amides is 1. The van der Waals surface area contributed by atoms with Crippen LogP contribution in [0, 0.1) is 17.5 Å². The summed E-state index contributed by atoms with van der Waals surface area (Å²) in [7, 11) is 0. The summed E-state index contributed by atoms with van der Waals surface area (Å²) < 4.78 is 44.3. The summed E-state index contributed by atoms with van der Waals surface area (Å²) in [5.74, 6) is -7.19. The topological polar surface area (TPSA) is 75.6 Å². The van der Waals surface area contributed by atoms with Gasteiger partial charge in [0.05, 0.1) is 5.69 Å². The van der Waals surface area contributed by atoms with E-state index in [0.717, 1.165) is 12.1 Å². The first kappa shape index (κ1) is 18.6. The average Bonchev–Trinajstić information content (AvgIpc) is 2.55. The van der Waals surface area contributed by atoms with Crippen molar-refractivity contribution in [2.75, 3.05) is 5.32 Å². The van der Waals surface area contributed by atoms with Crippen LogP contribution in [-0.2, 0) is 9.53 Å². The molecule has 0 aliphatic heterocycles. The van der Waals surface area contributed by atoms with Gasteiger partial charge in [-0.1, -0.05) is 11.6 Å². The summed E-state index contributed by atoms with van der Waals surface area (Å²) in [6, 6.07) is 5.10. The lowest BCUT2D eigenvalue weighted by Crippen LogP contribution is -2.30. The highest BCUT2D eigenvalue weighted by Crippen LogP contribution is 2.23. The lowest BCUT2D eigenvalue weighted by atomic mass is 10.2. The van der Waals surface area contributed by atoms with Crippen LogP contribution in [0.5, 0.6) is 5.75 Å². The van der Waals surface area contributed by atoms with Crippen LogP contribution in [0.4, 0.5) is 18.9 Å². The number of anilines is 1. The normalized spacial score (nSPS) is 11.7. The van der Waals surface area contributed by atoms with Crippen molar-refractivity contribution >= 4 is 29.2 Å². The van der Waals surface area contributed by atoms with Crippen LogP contribution < -0.4 is 5.32 Å². The zero-order valence-electron chi connectivity index (χ0n) is 12.6. The van der Waals surface area contributed by atoms with Crippen molar-refractivity contribution in [1.82, 2.24) is 0 Å². The monoisotopic (exact) mass is 373 g/mol. The second-order valence-electron chi connectivity index (χ2n) is 4.92. The minimum atomic E-state index is -1.74. The molecule has 0 bridgehead atoms. The van der Waals surface area contributed by atoms with Gasteiger partial charge in [0.15, 0.2) is 23.6 Å². The van der Waals surface area contributed by atoms with Crippen LogP contribution in [-0.4, -0.2) is 23.1 Å². The Kier molecular flexibility index (Phi) is 5.53. The number of hydrogen-bond acceptors (Lipinski definition) is 4. The Labute approximate surface area is 145 Å². The SMILES string of the molecule is C[C@H](OC(=O)c1ccc(Cl)cc1O)C(=O)Nc1ccc(F)c(F)c1F. The minimum absolute atomic E-state index is 0.189. The molecule has 9 heteroatoms. The number of phenols is 1. The van der Waals surface area contributed by atoms with Crippen LogP contribution in [0.1, 0.15) is 17.3 Å². The number of esters is 1. The summed E-state index contributed by atoms with van der Waals surface area (Å²) in [4.78, 5) is 23.8. The van der Waals surface area contributed by atoms with Gasteiger partial charge in [-0.3, -0.25) is 4.79 Å². The highest BCUT2D eigenvalue weighted by molar-refractivity contribution is 6.30. The van der Waals surface area contributed by atoms with Crippen LogP contribution in [0.3, 0.4) is 0 Å². The van der Waals surface area contributed by atoms with E-state index in [1.807, 2.05) is 5.32 Å². The number of rotatable bonds is 4. The molecule has 0 spiro atoms. The Morgan fingerprint density at radius 1 is 1.16 bits per heavy atom. The molecule has 2 aromatic carbocycles. The maximum atomic E-state index is 13.5. The molecule has 0 saturated heterocycles. The van der Waals surface area contributed by atoms with Gasteiger partial charge in [0.25, 0.3) is 5.91 Å². The van der Waals surface area contributed by atoms with Crippen molar-refractivity contribution in [2.24, 2.45) is 0 Å². The molecule has 5 nitrogen and oxygen atoms in total. The van der Waals surface area contributed by atoms with Gasteiger partial charge >= 0.3 is 5.97 Å². The van der Waals surface area contributed by atoms with E-state index in [0.29, 0.717) is 6.07 Å². The Morgan fingerprint density at radius 2 is 1.84 bits per heavy atom. The van der Waals surface area contributed by atoms with Gasteiger partial charge in [0.1, 0.15) is 11.3 Å². The third-order valence-electron chi connectivity index (χ3n) is 3.13. The first-order valence-electron chi connectivity index (χ1n) is 6.84. The Morgan fingerprint density at radius 3 is 2.48 bits per heavy atom. The van der Waals surface area contributed by atoms with E-state index in [4.69, 9.17) is 16.3 Å². The van der Waals surface area contributed by atoms with Crippen molar-refractivity contribution in [3.8, 4) is 5.75 Å². The van der Waals surface area contributed by atoms with Crippen molar-refractivity contribution in [3.05, 3.63) is 58.4 Å². The van der Waals surface area contributed by atoms with Crippen molar-refractivity contribution in [1.29, 1.82) is 0 Å². The van der Waals surface area contributed by atoms with E-state index in [1.165, 1.54) is 19.1 Å². The van der Waals surface area contributed by atoms with E-state index in [9.17, 15) is 27.9 Å². The third-order valence-corrected chi connectivity index (χ3v) is 3.36. The molecule has 0 aliphatic rings. The number of carbonyl (C=O) groups excluding carboxylic acids is 2. The molecule has 1 atom stereocenters. The molecule has 0 aromatic heterocycles. The highest BCUT2D eigenvalue weighted by Gasteiger charge is 2.23. The van der Waals surface area contributed by atoms with E-state index in [-0.39, 0.29) is 10.6 Å². The molecule has 0 saturated carbocycles. The fraction of sp³-hybridized carbons (Fsp3) is 0.125. The first-order valence-corrected chi connectivity index (χ1v) is 7.22. The second-order valence-corrected chi connectivity index (χ2v) is 5.36. The fourth-order valence-electron chi connectivity index (χ4n) is 1.81. The van der Waals surface area contributed by atoms with E-state index in [1.54, 1.807) is 0 Å². The van der Waals surface area contributed by atoms with Crippen LogP contribution in [0.25, 0.3) is 0 Å². The number of phenolic OH excluding ortho intramolecular Hbond substituents is 1. The Hall–Kier alpha value is -2.74. The molecule has 2 rings (SSSR count). The first-order chi connectivity index (χ1) is 11.7. The summed E-state index contributed by atoms with van der Waals surface area (Å²) in [5, 5.41) is 11.8. The van der Waals surface area contributed by atoms with Gasteiger partial charge in [-0.15, -0.1) is 0 Å². The predicted molar refractivity (Wildman–Crippen MR) is 82.9 cm³/mol. The number of nitrogens with one attached hydrogen (secondary N) is 1. The molecule has 0 heterocycles. The number of carbonyl (C=O) groups is 2. The van der Waals surface area contributed by atoms with E-state index >= 15 is 0 Å². The molecular formula is C16H11ClF3NO4. The average molecular weight is 374 g/mol. The van der Waals surface area contributed by atoms with Crippen molar-refractivity contribution < 1.29 is 32.6 Å². The van der Waals surface area contributed by atoms with E-state index in [2.05, 4.69) is 0 Å². The molecule has 0 fully saturated rings. The summed E-state index contributed by atoms with van der Waals surface area (Å²) >= 11 is 5.64. The van der Waals surface area contributed by atoms with Crippen LogP contribution in [0.2, 0.25) is 5.02 Å². The molecule has 0 aliphatic carbocycles. The maximum Gasteiger partial charge on any atom is 0.342 e. The quantitative estimate of drug-likeness (QED) is 0.633. The molecule has 2 N–H and O–H groups in total. The lowest BCUT2D eigenvalue weighted by molar-refractivity contribution is -0.123. The number of benzene rings is 2. The summed E-state index contributed by atoms with van der Waals surface area (Å²) in [6.07, 6.45) is -1.41. The lowest BCUT2D eigenvalue weighted by Gasteiger charge is -2.14. The molecule has 2 aromatic rings. The number of halogens is 4. The van der Waals surface area contributed by atoms with Gasteiger partial charge < -0.3 is 15.2 Å². The molecule has 132 valence electrons. The van der Waals surface area contributed by atoms with Gasteiger partial charge in [0, 0.05) is 5.02 Å². The zero-order chi connectivity index (χ0) is 18.7.